The van der Waals surface area contributed by atoms with Crippen molar-refractivity contribution in [3.8, 4) is 0 Å². The third-order valence-electron chi connectivity index (χ3n) is 2.64. The fraction of sp³-hybridized carbons (Fsp3) is 0.364. The number of aryl methyl sites for hydroxylation is 1. The Bertz CT molecular complexity index is 469. The molecule has 0 saturated carbocycles. The Kier molecular flexibility index (Phi) is 3.06. The maximum Gasteiger partial charge on any atom is 0.269 e. The van der Waals surface area contributed by atoms with Gasteiger partial charge in [0.2, 0.25) is 0 Å². The fourth-order valence-electron chi connectivity index (χ4n) is 1.60. The summed E-state index contributed by atoms with van der Waals surface area (Å²) in [5.41, 5.74) is 1.05. The quantitative estimate of drug-likeness (QED) is 0.627. The predicted octanol–water partition coefficient (Wildman–Crippen LogP) is 1.03. The molecule has 90 valence electrons. The number of benzene rings is 1. The maximum atomic E-state index is 11.8. The molecule has 0 bridgehead atoms. The summed E-state index contributed by atoms with van der Waals surface area (Å²) in [6.07, 6.45) is 0. The van der Waals surface area contributed by atoms with Crippen LogP contribution in [0.3, 0.4) is 0 Å². The summed E-state index contributed by atoms with van der Waals surface area (Å²) < 4.78 is 4.95. The van der Waals surface area contributed by atoms with Crippen molar-refractivity contribution in [1.29, 1.82) is 0 Å². The van der Waals surface area contributed by atoms with E-state index in [1.807, 2.05) is 0 Å². The molecular weight excluding hydrogens is 224 g/mol. The van der Waals surface area contributed by atoms with Crippen LogP contribution in [0.5, 0.6) is 0 Å². The summed E-state index contributed by atoms with van der Waals surface area (Å²) in [7, 11) is 0. The zero-order valence-electron chi connectivity index (χ0n) is 9.30. The Morgan fingerprint density at radius 2 is 2.24 bits per heavy atom. The molecule has 1 aliphatic heterocycles. The lowest BCUT2D eigenvalue weighted by molar-refractivity contribution is -0.384. The van der Waals surface area contributed by atoms with Gasteiger partial charge in [0.25, 0.3) is 11.6 Å². The molecular formula is C11H12N2O4. The minimum Gasteiger partial charge on any atom is -0.377 e. The molecule has 1 N–H and O–H groups in total. The molecule has 1 aromatic rings. The second-order valence-corrected chi connectivity index (χ2v) is 3.96. The van der Waals surface area contributed by atoms with E-state index in [1.165, 1.54) is 18.2 Å². The lowest BCUT2D eigenvalue weighted by Gasteiger charge is -2.27. The monoisotopic (exact) mass is 236 g/mol. The van der Waals surface area contributed by atoms with Crippen molar-refractivity contribution in [3.05, 3.63) is 39.4 Å². The highest BCUT2D eigenvalue weighted by molar-refractivity contribution is 5.96. The molecule has 0 spiro atoms. The third kappa shape index (κ3) is 2.42. The number of non-ortho nitro benzene ring substituents is 1. The van der Waals surface area contributed by atoms with Gasteiger partial charge in [0, 0.05) is 17.7 Å². The molecule has 1 heterocycles. The highest BCUT2D eigenvalue weighted by Crippen LogP contribution is 2.17. The fourth-order valence-corrected chi connectivity index (χ4v) is 1.60. The average Bonchev–Trinajstić information content (AvgIpc) is 2.22. The van der Waals surface area contributed by atoms with Crippen molar-refractivity contribution < 1.29 is 14.5 Å². The van der Waals surface area contributed by atoms with Gasteiger partial charge in [0.05, 0.1) is 24.2 Å². The Morgan fingerprint density at radius 1 is 1.53 bits per heavy atom. The molecule has 0 aliphatic carbocycles. The van der Waals surface area contributed by atoms with Gasteiger partial charge >= 0.3 is 0 Å². The van der Waals surface area contributed by atoms with Crippen LogP contribution in [0.15, 0.2) is 18.2 Å². The Hall–Kier alpha value is -1.95. The van der Waals surface area contributed by atoms with Crippen LogP contribution in [-0.4, -0.2) is 30.1 Å². The Labute approximate surface area is 97.7 Å². The van der Waals surface area contributed by atoms with Crippen LogP contribution in [0, 0.1) is 17.0 Å². The second kappa shape index (κ2) is 4.50. The molecule has 1 aromatic carbocycles. The van der Waals surface area contributed by atoms with Gasteiger partial charge in [-0.15, -0.1) is 0 Å². The maximum absolute atomic E-state index is 11.8. The molecule has 17 heavy (non-hydrogen) atoms. The van der Waals surface area contributed by atoms with Crippen molar-refractivity contribution in [2.45, 2.75) is 13.0 Å². The van der Waals surface area contributed by atoms with E-state index in [9.17, 15) is 14.9 Å². The summed E-state index contributed by atoms with van der Waals surface area (Å²) in [5, 5.41) is 13.3. The van der Waals surface area contributed by atoms with E-state index in [2.05, 4.69) is 5.32 Å². The lowest BCUT2D eigenvalue weighted by atomic mass is 10.1. The number of nitrogens with one attached hydrogen (secondary N) is 1. The Balaban J connectivity index is 2.14. The van der Waals surface area contributed by atoms with Crippen molar-refractivity contribution in [1.82, 2.24) is 5.32 Å². The summed E-state index contributed by atoms with van der Waals surface area (Å²) in [6.45, 7) is 2.73. The van der Waals surface area contributed by atoms with E-state index in [4.69, 9.17) is 4.74 Å². The van der Waals surface area contributed by atoms with Crippen molar-refractivity contribution in [2.24, 2.45) is 0 Å². The van der Waals surface area contributed by atoms with Crippen molar-refractivity contribution in [3.63, 3.8) is 0 Å². The predicted molar refractivity (Wildman–Crippen MR) is 59.9 cm³/mol. The van der Waals surface area contributed by atoms with E-state index < -0.39 is 4.92 Å². The SMILES string of the molecule is Cc1cc([N+](=O)[O-])ccc1C(=O)NC1COC1. The van der Waals surface area contributed by atoms with Crippen LogP contribution in [-0.2, 0) is 4.74 Å². The molecule has 0 radical (unpaired) electrons. The molecule has 0 aromatic heterocycles. The summed E-state index contributed by atoms with van der Waals surface area (Å²) in [6, 6.07) is 4.25. The number of ether oxygens (including phenoxy) is 1. The zero-order chi connectivity index (χ0) is 12.4. The highest BCUT2D eigenvalue weighted by Gasteiger charge is 2.22. The van der Waals surface area contributed by atoms with Crippen LogP contribution in [0.2, 0.25) is 0 Å². The third-order valence-corrected chi connectivity index (χ3v) is 2.64. The number of nitro groups is 1. The first-order chi connectivity index (χ1) is 8.08. The van der Waals surface area contributed by atoms with Gasteiger partial charge in [-0.25, -0.2) is 0 Å². The lowest BCUT2D eigenvalue weighted by Crippen LogP contribution is -2.48. The molecule has 1 saturated heterocycles. The average molecular weight is 236 g/mol. The van der Waals surface area contributed by atoms with Crippen LogP contribution < -0.4 is 5.32 Å². The van der Waals surface area contributed by atoms with Gasteiger partial charge in [0.1, 0.15) is 0 Å². The molecule has 6 heteroatoms. The summed E-state index contributed by atoms with van der Waals surface area (Å²) >= 11 is 0. The van der Waals surface area contributed by atoms with Gasteiger partial charge < -0.3 is 10.1 Å². The normalized spacial score (nSPS) is 15.1. The number of nitrogens with zero attached hydrogens (tertiary/aromatic N) is 1. The first kappa shape index (κ1) is 11.5. The smallest absolute Gasteiger partial charge is 0.269 e. The first-order valence-electron chi connectivity index (χ1n) is 5.21. The topological polar surface area (TPSA) is 81.5 Å². The molecule has 6 nitrogen and oxygen atoms in total. The van der Waals surface area contributed by atoms with E-state index in [0.29, 0.717) is 24.3 Å². The number of carbonyl (C=O) groups excluding carboxylic acids is 1. The van der Waals surface area contributed by atoms with Crippen LogP contribution in [0.4, 0.5) is 5.69 Å². The molecule has 1 aliphatic rings. The number of nitro benzene ring substituents is 1. The molecule has 1 amide bonds. The van der Waals surface area contributed by atoms with E-state index in [1.54, 1.807) is 6.92 Å². The second-order valence-electron chi connectivity index (χ2n) is 3.96. The minimum absolute atomic E-state index is 0.00831. The van der Waals surface area contributed by atoms with Gasteiger partial charge in [-0.3, -0.25) is 14.9 Å². The molecule has 2 rings (SSSR count). The van der Waals surface area contributed by atoms with Gasteiger partial charge in [0.15, 0.2) is 0 Å². The van der Waals surface area contributed by atoms with Gasteiger partial charge in [-0.1, -0.05) is 0 Å². The molecule has 0 atom stereocenters. The van der Waals surface area contributed by atoms with Gasteiger partial charge in [-0.2, -0.15) is 0 Å². The van der Waals surface area contributed by atoms with Crippen LogP contribution >= 0.6 is 0 Å². The van der Waals surface area contributed by atoms with Crippen molar-refractivity contribution >= 4 is 11.6 Å². The molecule has 0 unspecified atom stereocenters. The number of hydrogen-bond donors (Lipinski definition) is 1. The van der Waals surface area contributed by atoms with E-state index in [-0.39, 0.29) is 17.6 Å². The van der Waals surface area contributed by atoms with Crippen LogP contribution in [0.25, 0.3) is 0 Å². The highest BCUT2D eigenvalue weighted by atomic mass is 16.6. The van der Waals surface area contributed by atoms with Gasteiger partial charge in [-0.05, 0) is 18.6 Å². The Morgan fingerprint density at radius 3 is 2.71 bits per heavy atom. The molecule has 1 fully saturated rings. The zero-order valence-corrected chi connectivity index (χ0v) is 9.30. The first-order valence-corrected chi connectivity index (χ1v) is 5.21. The van der Waals surface area contributed by atoms with E-state index in [0.717, 1.165) is 0 Å². The standard InChI is InChI=1S/C11H12N2O4/c1-7-4-9(13(15)16)2-3-10(7)11(14)12-8-5-17-6-8/h2-4,8H,5-6H2,1H3,(H,12,14). The van der Waals surface area contributed by atoms with Crippen LogP contribution in [0.1, 0.15) is 15.9 Å². The summed E-state index contributed by atoms with van der Waals surface area (Å²) in [5.74, 6) is -0.217. The summed E-state index contributed by atoms with van der Waals surface area (Å²) in [4.78, 5) is 21.9. The number of hydrogen-bond acceptors (Lipinski definition) is 4. The largest absolute Gasteiger partial charge is 0.377 e. The number of carbonyl (C=O) groups is 1. The van der Waals surface area contributed by atoms with E-state index >= 15 is 0 Å². The minimum atomic E-state index is -0.478. The number of rotatable bonds is 3. The number of amides is 1. The van der Waals surface area contributed by atoms with Crippen molar-refractivity contribution in [2.75, 3.05) is 13.2 Å².